The van der Waals surface area contributed by atoms with E-state index in [0.717, 1.165) is 19.3 Å². The van der Waals surface area contributed by atoms with E-state index in [1.54, 1.807) is 28.8 Å². The van der Waals surface area contributed by atoms with Crippen molar-refractivity contribution in [1.82, 2.24) is 10.2 Å². The molecule has 2 unspecified atom stereocenters. The molecule has 0 aromatic carbocycles. The first-order chi connectivity index (χ1) is 11.0. The van der Waals surface area contributed by atoms with Crippen LogP contribution in [0.1, 0.15) is 50.6 Å². The van der Waals surface area contributed by atoms with E-state index < -0.39 is 6.04 Å². The van der Waals surface area contributed by atoms with Gasteiger partial charge >= 0.3 is 0 Å². The van der Waals surface area contributed by atoms with E-state index in [1.165, 1.54) is 6.26 Å². The lowest BCUT2D eigenvalue weighted by Crippen LogP contribution is -2.50. The first-order valence-electron chi connectivity index (χ1n) is 8.30. The number of carbonyl (C=O) groups excluding carboxylic acids is 2. The summed E-state index contributed by atoms with van der Waals surface area (Å²) in [6, 6.07) is 2.94. The van der Waals surface area contributed by atoms with E-state index in [1.807, 2.05) is 0 Å². The van der Waals surface area contributed by atoms with Gasteiger partial charge in [0.1, 0.15) is 6.04 Å². The maximum Gasteiger partial charge on any atom is 0.291 e. The Morgan fingerprint density at radius 3 is 2.87 bits per heavy atom. The molecule has 1 fully saturated rings. The van der Waals surface area contributed by atoms with E-state index >= 15 is 0 Å². The molecule has 128 valence electrons. The van der Waals surface area contributed by atoms with Crippen LogP contribution in [-0.4, -0.2) is 40.4 Å². The van der Waals surface area contributed by atoms with Gasteiger partial charge < -0.3 is 14.6 Å². The van der Waals surface area contributed by atoms with Crippen molar-refractivity contribution in [1.29, 1.82) is 0 Å². The smallest absolute Gasteiger partial charge is 0.291 e. The van der Waals surface area contributed by atoms with Crippen molar-refractivity contribution in [3.05, 3.63) is 24.2 Å². The van der Waals surface area contributed by atoms with Crippen LogP contribution in [-0.2, 0) is 4.79 Å². The highest BCUT2D eigenvalue weighted by Gasteiger charge is 2.42. The van der Waals surface area contributed by atoms with E-state index in [0.29, 0.717) is 24.0 Å². The standard InChI is InChI=1S/C17H26N2O3S/c1-4-5-8-18-16(20)13-11-23-15(10-12(2)3)19(13)17(21)14-7-6-9-22-14/h6-7,9,12-13,15H,4-5,8,10-11H2,1-3H3,(H,18,20). The van der Waals surface area contributed by atoms with Crippen LogP contribution in [0.15, 0.2) is 22.8 Å². The summed E-state index contributed by atoms with van der Waals surface area (Å²) < 4.78 is 5.26. The molecule has 1 N–H and O–H groups in total. The zero-order valence-corrected chi connectivity index (χ0v) is 14.9. The molecule has 0 bridgehead atoms. The largest absolute Gasteiger partial charge is 0.459 e. The number of hydrogen-bond acceptors (Lipinski definition) is 4. The van der Waals surface area contributed by atoms with Crippen LogP contribution in [0.4, 0.5) is 0 Å². The predicted molar refractivity (Wildman–Crippen MR) is 92.3 cm³/mol. The molecule has 2 amide bonds. The van der Waals surface area contributed by atoms with Crippen LogP contribution in [0.5, 0.6) is 0 Å². The van der Waals surface area contributed by atoms with Gasteiger partial charge in [-0.2, -0.15) is 0 Å². The minimum absolute atomic E-state index is 0.0227. The summed E-state index contributed by atoms with van der Waals surface area (Å²) >= 11 is 1.68. The van der Waals surface area contributed by atoms with Crippen LogP contribution in [0.25, 0.3) is 0 Å². The summed E-state index contributed by atoms with van der Waals surface area (Å²) in [6.45, 7) is 7.01. The zero-order valence-electron chi connectivity index (χ0n) is 14.1. The van der Waals surface area contributed by atoms with Gasteiger partial charge in [-0.1, -0.05) is 27.2 Å². The fraction of sp³-hybridized carbons (Fsp3) is 0.647. The highest BCUT2D eigenvalue weighted by Crippen LogP contribution is 2.34. The first-order valence-corrected chi connectivity index (χ1v) is 9.35. The molecule has 0 saturated carbocycles. The zero-order chi connectivity index (χ0) is 16.8. The van der Waals surface area contributed by atoms with Gasteiger partial charge in [0.05, 0.1) is 11.6 Å². The Kier molecular flexibility index (Phi) is 6.57. The molecule has 0 spiro atoms. The van der Waals surface area contributed by atoms with Crippen LogP contribution in [0.2, 0.25) is 0 Å². The van der Waals surface area contributed by atoms with Crippen LogP contribution in [0.3, 0.4) is 0 Å². The summed E-state index contributed by atoms with van der Waals surface area (Å²) in [4.78, 5) is 27.0. The average Bonchev–Trinajstić information content (AvgIpc) is 3.15. The fourth-order valence-electron chi connectivity index (χ4n) is 2.66. The molecule has 1 aromatic heterocycles. The molecule has 2 rings (SSSR count). The minimum atomic E-state index is -0.418. The van der Waals surface area contributed by atoms with E-state index in [2.05, 4.69) is 26.1 Å². The molecule has 0 radical (unpaired) electrons. The lowest BCUT2D eigenvalue weighted by Gasteiger charge is -2.29. The highest BCUT2D eigenvalue weighted by molar-refractivity contribution is 8.00. The van der Waals surface area contributed by atoms with Crippen molar-refractivity contribution in [2.24, 2.45) is 5.92 Å². The second-order valence-corrected chi connectivity index (χ2v) is 7.48. The molecule has 6 heteroatoms. The maximum atomic E-state index is 12.8. The molecule has 2 heterocycles. The molecule has 23 heavy (non-hydrogen) atoms. The minimum Gasteiger partial charge on any atom is -0.459 e. The van der Waals surface area contributed by atoms with Gasteiger partial charge in [-0.3, -0.25) is 9.59 Å². The third kappa shape index (κ3) is 4.53. The van der Waals surface area contributed by atoms with E-state index in [9.17, 15) is 9.59 Å². The van der Waals surface area contributed by atoms with Gasteiger partial charge in [0, 0.05) is 12.3 Å². The number of furan rings is 1. The van der Waals surface area contributed by atoms with Crippen molar-refractivity contribution < 1.29 is 14.0 Å². The van der Waals surface area contributed by atoms with E-state index in [4.69, 9.17) is 4.42 Å². The number of nitrogens with zero attached hydrogens (tertiary/aromatic N) is 1. The van der Waals surface area contributed by atoms with Crippen LogP contribution < -0.4 is 5.32 Å². The number of rotatable bonds is 7. The molecular weight excluding hydrogens is 312 g/mol. The summed E-state index contributed by atoms with van der Waals surface area (Å²) in [6.07, 6.45) is 4.35. The van der Waals surface area contributed by atoms with Crippen molar-refractivity contribution in [2.75, 3.05) is 12.3 Å². The topological polar surface area (TPSA) is 62.6 Å². The second kappa shape index (κ2) is 8.43. The van der Waals surface area contributed by atoms with Gasteiger partial charge in [0.2, 0.25) is 5.91 Å². The number of carbonyl (C=O) groups is 2. The Morgan fingerprint density at radius 2 is 2.26 bits per heavy atom. The second-order valence-electron chi connectivity index (χ2n) is 6.27. The molecule has 1 aromatic rings. The number of hydrogen-bond donors (Lipinski definition) is 1. The number of unbranched alkanes of at least 4 members (excludes halogenated alkanes) is 1. The molecular formula is C17H26N2O3S. The molecule has 1 saturated heterocycles. The normalized spacial score (nSPS) is 21.0. The van der Waals surface area contributed by atoms with Crippen LogP contribution in [0, 0.1) is 5.92 Å². The van der Waals surface area contributed by atoms with Crippen molar-refractivity contribution in [2.45, 2.75) is 51.4 Å². The lowest BCUT2D eigenvalue weighted by atomic mass is 10.1. The number of nitrogens with one attached hydrogen (secondary N) is 1. The number of thioether (sulfide) groups is 1. The first kappa shape index (κ1) is 17.9. The Balaban J connectivity index is 2.13. The molecule has 2 atom stereocenters. The lowest BCUT2D eigenvalue weighted by molar-refractivity contribution is -0.124. The molecule has 1 aliphatic rings. The quantitative estimate of drug-likeness (QED) is 0.776. The van der Waals surface area contributed by atoms with Crippen molar-refractivity contribution in [3.8, 4) is 0 Å². The Morgan fingerprint density at radius 1 is 1.48 bits per heavy atom. The predicted octanol–water partition coefficient (Wildman–Crippen LogP) is 3.13. The SMILES string of the molecule is CCCCNC(=O)C1CSC(CC(C)C)N1C(=O)c1ccco1. The molecule has 5 nitrogen and oxygen atoms in total. The Hall–Kier alpha value is -1.43. The molecule has 1 aliphatic heterocycles. The van der Waals surface area contributed by atoms with Gasteiger partial charge in [-0.15, -0.1) is 11.8 Å². The van der Waals surface area contributed by atoms with E-state index in [-0.39, 0.29) is 17.2 Å². The third-order valence-corrected chi connectivity index (χ3v) is 5.18. The van der Waals surface area contributed by atoms with Gasteiger partial charge in [0.15, 0.2) is 5.76 Å². The van der Waals surface area contributed by atoms with Crippen molar-refractivity contribution in [3.63, 3.8) is 0 Å². The van der Waals surface area contributed by atoms with Crippen molar-refractivity contribution >= 4 is 23.6 Å². The third-order valence-electron chi connectivity index (χ3n) is 3.86. The molecule has 0 aliphatic carbocycles. The maximum absolute atomic E-state index is 12.8. The summed E-state index contributed by atoms with van der Waals surface area (Å²) in [7, 11) is 0. The fourth-order valence-corrected chi connectivity index (χ4v) is 4.30. The van der Waals surface area contributed by atoms with Gasteiger partial charge in [-0.25, -0.2) is 0 Å². The van der Waals surface area contributed by atoms with Gasteiger partial charge in [0.25, 0.3) is 5.91 Å². The summed E-state index contributed by atoms with van der Waals surface area (Å²) in [5, 5.41) is 2.98. The summed E-state index contributed by atoms with van der Waals surface area (Å²) in [5.74, 6) is 1.15. The highest BCUT2D eigenvalue weighted by atomic mass is 32.2. The monoisotopic (exact) mass is 338 g/mol. The Labute approximate surface area is 142 Å². The number of amides is 2. The van der Waals surface area contributed by atoms with Gasteiger partial charge in [-0.05, 0) is 30.9 Å². The summed E-state index contributed by atoms with van der Waals surface area (Å²) in [5.41, 5.74) is 0. The average molecular weight is 338 g/mol. The Bertz CT molecular complexity index is 516. The van der Waals surface area contributed by atoms with Crippen LogP contribution >= 0.6 is 11.8 Å².